The first-order valence-corrected chi connectivity index (χ1v) is 5.28. The van der Waals surface area contributed by atoms with Gasteiger partial charge >= 0.3 is 0 Å². The highest BCUT2D eigenvalue weighted by Gasteiger charge is 2.01. The molecule has 3 nitrogen and oxygen atoms in total. The smallest absolute Gasteiger partial charge is 0.153 e. The van der Waals surface area contributed by atoms with E-state index in [9.17, 15) is 0 Å². The second-order valence-electron chi connectivity index (χ2n) is 3.53. The lowest BCUT2D eigenvalue weighted by molar-refractivity contribution is 1.20. The molecule has 0 atom stereocenters. The fourth-order valence-corrected chi connectivity index (χ4v) is 1.56. The lowest BCUT2D eigenvalue weighted by Gasteiger charge is -2.09. The monoisotopic (exact) mass is 233 g/mol. The standard InChI is InChI=1S/C12H12ClN3/c1-8-5-6-11(14)12(15-8)16-10-4-2-3-9(13)7-10/h2-7H,14H2,1H3,(H,15,16). The van der Waals surface area contributed by atoms with Crippen molar-refractivity contribution in [3.63, 3.8) is 0 Å². The number of nitrogen functional groups attached to an aromatic ring is 1. The second-order valence-corrected chi connectivity index (χ2v) is 3.96. The Bertz CT molecular complexity index is 511. The SMILES string of the molecule is Cc1ccc(N)c(Nc2cccc(Cl)c2)n1. The van der Waals surface area contributed by atoms with Gasteiger partial charge in [-0.25, -0.2) is 4.98 Å². The highest BCUT2D eigenvalue weighted by Crippen LogP contribution is 2.22. The number of benzene rings is 1. The minimum Gasteiger partial charge on any atom is -0.396 e. The minimum atomic E-state index is 0.616. The van der Waals surface area contributed by atoms with Crippen LogP contribution in [0.3, 0.4) is 0 Å². The summed E-state index contributed by atoms with van der Waals surface area (Å²) in [6.45, 7) is 1.92. The van der Waals surface area contributed by atoms with E-state index in [2.05, 4.69) is 10.3 Å². The van der Waals surface area contributed by atoms with E-state index in [1.165, 1.54) is 0 Å². The van der Waals surface area contributed by atoms with Crippen LogP contribution in [-0.2, 0) is 0 Å². The molecule has 4 heteroatoms. The highest BCUT2D eigenvalue weighted by atomic mass is 35.5. The number of nitrogens with zero attached hydrogens (tertiary/aromatic N) is 1. The molecule has 1 aromatic carbocycles. The van der Waals surface area contributed by atoms with Crippen molar-refractivity contribution in [2.24, 2.45) is 0 Å². The van der Waals surface area contributed by atoms with Gasteiger partial charge in [0.2, 0.25) is 0 Å². The van der Waals surface area contributed by atoms with Gasteiger partial charge in [0, 0.05) is 16.4 Å². The summed E-state index contributed by atoms with van der Waals surface area (Å²) < 4.78 is 0. The molecule has 2 aromatic rings. The maximum atomic E-state index is 5.89. The maximum Gasteiger partial charge on any atom is 0.153 e. The van der Waals surface area contributed by atoms with Crippen LogP contribution < -0.4 is 11.1 Å². The fourth-order valence-electron chi connectivity index (χ4n) is 1.37. The van der Waals surface area contributed by atoms with E-state index in [1.54, 1.807) is 0 Å². The molecular weight excluding hydrogens is 222 g/mol. The van der Waals surface area contributed by atoms with Crippen LogP contribution in [0.4, 0.5) is 17.2 Å². The summed E-state index contributed by atoms with van der Waals surface area (Å²) in [7, 11) is 0. The Morgan fingerprint density at radius 2 is 2.06 bits per heavy atom. The molecule has 0 amide bonds. The zero-order chi connectivity index (χ0) is 11.5. The molecule has 0 aliphatic heterocycles. The predicted molar refractivity (Wildman–Crippen MR) is 68.1 cm³/mol. The average Bonchev–Trinajstić information content (AvgIpc) is 2.24. The molecule has 0 spiro atoms. The molecule has 2 rings (SSSR count). The summed E-state index contributed by atoms with van der Waals surface area (Å²) in [5.74, 6) is 0.655. The van der Waals surface area contributed by atoms with Crippen molar-refractivity contribution < 1.29 is 0 Å². The molecule has 0 aliphatic rings. The molecule has 1 heterocycles. The van der Waals surface area contributed by atoms with Crippen molar-refractivity contribution in [2.75, 3.05) is 11.1 Å². The molecule has 0 radical (unpaired) electrons. The lowest BCUT2D eigenvalue weighted by Crippen LogP contribution is -1.99. The molecule has 0 unspecified atom stereocenters. The van der Waals surface area contributed by atoms with Crippen molar-refractivity contribution in [2.45, 2.75) is 6.92 Å². The Balaban J connectivity index is 2.30. The predicted octanol–water partition coefficient (Wildman–Crippen LogP) is 3.37. The van der Waals surface area contributed by atoms with Crippen LogP contribution in [-0.4, -0.2) is 4.98 Å². The van der Waals surface area contributed by atoms with Crippen LogP contribution in [0.2, 0.25) is 5.02 Å². The number of aryl methyl sites for hydroxylation is 1. The highest BCUT2D eigenvalue weighted by molar-refractivity contribution is 6.30. The minimum absolute atomic E-state index is 0.616. The number of rotatable bonds is 2. The topological polar surface area (TPSA) is 50.9 Å². The first-order chi connectivity index (χ1) is 7.65. The van der Waals surface area contributed by atoms with Crippen LogP contribution in [0.15, 0.2) is 36.4 Å². The van der Waals surface area contributed by atoms with E-state index in [-0.39, 0.29) is 0 Å². The molecule has 0 fully saturated rings. The van der Waals surface area contributed by atoms with Crippen molar-refractivity contribution in [1.29, 1.82) is 0 Å². The zero-order valence-corrected chi connectivity index (χ0v) is 9.62. The maximum absolute atomic E-state index is 5.89. The van der Waals surface area contributed by atoms with Gasteiger partial charge in [0.15, 0.2) is 5.82 Å². The summed E-state index contributed by atoms with van der Waals surface area (Å²) in [6, 6.07) is 11.1. The normalized spacial score (nSPS) is 10.1. The number of halogens is 1. The quantitative estimate of drug-likeness (QED) is 0.836. The number of nitrogens with two attached hydrogens (primary N) is 1. The zero-order valence-electron chi connectivity index (χ0n) is 8.87. The van der Waals surface area contributed by atoms with E-state index in [1.807, 2.05) is 43.3 Å². The molecule has 0 saturated heterocycles. The van der Waals surface area contributed by atoms with Gasteiger partial charge in [-0.15, -0.1) is 0 Å². The van der Waals surface area contributed by atoms with Crippen LogP contribution in [0.25, 0.3) is 0 Å². The third-order valence-electron chi connectivity index (χ3n) is 2.15. The second kappa shape index (κ2) is 4.41. The Morgan fingerprint density at radius 1 is 1.25 bits per heavy atom. The Labute approximate surface area is 99.3 Å². The molecule has 82 valence electrons. The Morgan fingerprint density at radius 3 is 2.81 bits per heavy atom. The molecule has 3 N–H and O–H groups in total. The number of hydrogen-bond donors (Lipinski definition) is 2. The van der Waals surface area contributed by atoms with Gasteiger partial charge in [-0.3, -0.25) is 0 Å². The summed E-state index contributed by atoms with van der Waals surface area (Å²) in [5, 5.41) is 3.81. The van der Waals surface area contributed by atoms with Gasteiger partial charge in [0.25, 0.3) is 0 Å². The number of nitrogens with one attached hydrogen (secondary N) is 1. The average molecular weight is 234 g/mol. The van der Waals surface area contributed by atoms with E-state index in [0.717, 1.165) is 11.4 Å². The van der Waals surface area contributed by atoms with Crippen molar-refractivity contribution in [3.05, 3.63) is 47.1 Å². The van der Waals surface area contributed by atoms with Gasteiger partial charge in [-0.2, -0.15) is 0 Å². The first kappa shape index (κ1) is 10.8. The van der Waals surface area contributed by atoms with Crippen LogP contribution in [0, 0.1) is 6.92 Å². The third kappa shape index (κ3) is 2.44. The van der Waals surface area contributed by atoms with E-state index in [4.69, 9.17) is 17.3 Å². The van der Waals surface area contributed by atoms with Gasteiger partial charge < -0.3 is 11.1 Å². The molecule has 1 aromatic heterocycles. The summed E-state index contributed by atoms with van der Waals surface area (Å²) in [4.78, 5) is 4.32. The largest absolute Gasteiger partial charge is 0.396 e. The molecule has 16 heavy (non-hydrogen) atoms. The Kier molecular flexibility index (Phi) is 2.97. The van der Waals surface area contributed by atoms with E-state index in [0.29, 0.717) is 16.5 Å². The van der Waals surface area contributed by atoms with E-state index >= 15 is 0 Å². The number of pyridine rings is 1. The van der Waals surface area contributed by atoms with Gasteiger partial charge in [-0.05, 0) is 37.3 Å². The van der Waals surface area contributed by atoms with Gasteiger partial charge in [0.1, 0.15) is 0 Å². The fraction of sp³-hybridized carbons (Fsp3) is 0.0833. The van der Waals surface area contributed by atoms with Gasteiger partial charge in [-0.1, -0.05) is 17.7 Å². The third-order valence-corrected chi connectivity index (χ3v) is 2.39. The first-order valence-electron chi connectivity index (χ1n) is 4.91. The molecule has 0 saturated carbocycles. The van der Waals surface area contributed by atoms with E-state index < -0.39 is 0 Å². The van der Waals surface area contributed by atoms with Crippen molar-refractivity contribution in [3.8, 4) is 0 Å². The number of anilines is 3. The summed E-state index contributed by atoms with van der Waals surface area (Å²) >= 11 is 5.89. The number of hydrogen-bond acceptors (Lipinski definition) is 3. The number of aromatic nitrogens is 1. The van der Waals surface area contributed by atoms with Crippen LogP contribution in [0.5, 0.6) is 0 Å². The van der Waals surface area contributed by atoms with Crippen LogP contribution in [0.1, 0.15) is 5.69 Å². The van der Waals surface area contributed by atoms with Crippen LogP contribution >= 0.6 is 11.6 Å². The molecule has 0 bridgehead atoms. The Hall–Kier alpha value is -1.74. The van der Waals surface area contributed by atoms with Gasteiger partial charge in [0.05, 0.1) is 5.69 Å². The lowest BCUT2D eigenvalue weighted by atomic mass is 10.3. The molecular formula is C12H12ClN3. The summed E-state index contributed by atoms with van der Waals surface area (Å²) in [5.41, 5.74) is 8.22. The summed E-state index contributed by atoms with van der Waals surface area (Å²) in [6.07, 6.45) is 0. The molecule has 0 aliphatic carbocycles. The van der Waals surface area contributed by atoms with Crippen molar-refractivity contribution in [1.82, 2.24) is 4.98 Å². The van der Waals surface area contributed by atoms with Crippen molar-refractivity contribution >= 4 is 28.8 Å².